The zero-order chi connectivity index (χ0) is 11.4. The van der Waals surface area contributed by atoms with Crippen molar-refractivity contribution in [2.45, 2.75) is 40.5 Å². The van der Waals surface area contributed by atoms with Gasteiger partial charge in [0.25, 0.3) is 0 Å². The average Bonchev–Trinajstić information content (AvgIpc) is 2.11. The SMILES string of the molecule is CC[C@@H](CC(=O)OC)C(=O)C(C)(C)C. The highest BCUT2D eigenvalue weighted by Gasteiger charge is 2.29. The van der Waals surface area contributed by atoms with Gasteiger partial charge in [0.15, 0.2) is 0 Å². The Morgan fingerprint density at radius 2 is 1.79 bits per heavy atom. The molecule has 14 heavy (non-hydrogen) atoms. The van der Waals surface area contributed by atoms with E-state index in [-0.39, 0.29) is 29.5 Å². The van der Waals surface area contributed by atoms with Gasteiger partial charge in [-0.05, 0) is 6.42 Å². The third-order valence-corrected chi connectivity index (χ3v) is 2.24. The molecule has 1 atom stereocenters. The van der Waals surface area contributed by atoms with Crippen molar-refractivity contribution in [1.82, 2.24) is 0 Å². The largest absolute Gasteiger partial charge is 0.469 e. The third-order valence-electron chi connectivity index (χ3n) is 2.24. The van der Waals surface area contributed by atoms with Crippen molar-refractivity contribution < 1.29 is 14.3 Å². The van der Waals surface area contributed by atoms with Crippen molar-refractivity contribution in [2.24, 2.45) is 11.3 Å². The minimum atomic E-state index is -0.380. The van der Waals surface area contributed by atoms with Crippen molar-refractivity contribution in [2.75, 3.05) is 7.11 Å². The molecule has 0 aliphatic heterocycles. The zero-order valence-electron chi connectivity index (χ0n) is 9.72. The molecular formula is C11H20O3. The number of hydrogen-bond acceptors (Lipinski definition) is 3. The predicted molar refractivity (Wildman–Crippen MR) is 54.9 cm³/mol. The van der Waals surface area contributed by atoms with Gasteiger partial charge in [-0.3, -0.25) is 9.59 Å². The molecule has 0 spiro atoms. The fourth-order valence-electron chi connectivity index (χ4n) is 1.32. The van der Waals surface area contributed by atoms with Gasteiger partial charge in [0, 0.05) is 11.3 Å². The summed E-state index contributed by atoms with van der Waals surface area (Å²) in [5, 5.41) is 0. The molecule has 0 aliphatic rings. The van der Waals surface area contributed by atoms with Crippen LogP contribution in [-0.2, 0) is 14.3 Å². The van der Waals surface area contributed by atoms with Gasteiger partial charge in [0.2, 0.25) is 0 Å². The maximum atomic E-state index is 11.8. The van der Waals surface area contributed by atoms with Gasteiger partial charge in [-0.25, -0.2) is 0 Å². The second kappa shape index (κ2) is 5.13. The first-order valence-electron chi connectivity index (χ1n) is 4.94. The minimum absolute atomic E-state index is 0.130. The Balaban J connectivity index is 4.42. The third kappa shape index (κ3) is 3.90. The Hall–Kier alpha value is -0.860. The van der Waals surface area contributed by atoms with E-state index in [0.717, 1.165) is 0 Å². The quantitative estimate of drug-likeness (QED) is 0.653. The van der Waals surface area contributed by atoms with Crippen molar-refractivity contribution in [3.05, 3.63) is 0 Å². The van der Waals surface area contributed by atoms with Gasteiger partial charge >= 0.3 is 5.97 Å². The van der Waals surface area contributed by atoms with Crippen LogP contribution in [0.2, 0.25) is 0 Å². The molecule has 0 aromatic carbocycles. The van der Waals surface area contributed by atoms with E-state index in [9.17, 15) is 9.59 Å². The van der Waals surface area contributed by atoms with Crippen LogP contribution in [0.25, 0.3) is 0 Å². The lowest BCUT2D eigenvalue weighted by Crippen LogP contribution is -2.29. The Labute approximate surface area is 85.8 Å². The van der Waals surface area contributed by atoms with E-state index in [1.54, 1.807) is 0 Å². The highest BCUT2D eigenvalue weighted by Crippen LogP contribution is 2.24. The van der Waals surface area contributed by atoms with Crippen LogP contribution in [-0.4, -0.2) is 18.9 Å². The first-order valence-corrected chi connectivity index (χ1v) is 4.94. The molecule has 0 aliphatic carbocycles. The average molecular weight is 200 g/mol. The van der Waals surface area contributed by atoms with E-state index >= 15 is 0 Å². The number of ether oxygens (including phenoxy) is 1. The van der Waals surface area contributed by atoms with Crippen LogP contribution in [0.5, 0.6) is 0 Å². The summed E-state index contributed by atoms with van der Waals surface area (Å²) in [5.41, 5.74) is -0.380. The molecule has 0 aromatic rings. The monoisotopic (exact) mass is 200 g/mol. The van der Waals surface area contributed by atoms with Crippen LogP contribution < -0.4 is 0 Å². The number of methoxy groups -OCH3 is 1. The second-order valence-electron chi connectivity index (χ2n) is 4.50. The van der Waals surface area contributed by atoms with E-state index in [0.29, 0.717) is 6.42 Å². The van der Waals surface area contributed by atoms with E-state index in [2.05, 4.69) is 4.74 Å². The maximum absolute atomic E-state index is 11.8. The Bertz CT molecular complexity index is 213. The standard InChI is InChI=1S/C11H20O3/c1-6-8(7-9(12)14-5)10(13)11(2,3)4/h8H,6-7H2,1-5H3/t8-/m0/s1. The topological polar surface area (TPSA) is 43.4 Å². The van der Waals surface area contributed by atoms with Crippen molar-refractivity contribution >= 4 is 11.8 Å². The molecule has 0 unspecified atom stereocenters. The Morgan fingerprint density at radius 1 is 1.29 bits per heavy atom. The van der Waals surface area contributed by atoms with Crippen LogP contribution in [0.1, 0.15) is 40.5 Å². The lowest BCUT2D eigenvalue weighted by atomic mass is 9.80. The lowest BCUT2D eigenvalue weighted by molar-refractivity contribution is -0.145. The van der Waals surface area contributed by atoms with E-state index in [1.165, 1.54) is 7.11 Å². The van der Waals surface area contributed by atoms with Gasteiger partial charge in [-0.1, -0.05) is 27.7 Å². The summed E-state index contributed by atoms with van der Waals surface area (Å²) >= 11 is 0. The molecule has 0 heterocycles. The number of hydrogen-bond donors (Lipinski definition) is 0. The molecule has 3 nitrogen and oxygen atoms in total. The summed E-state index contributed by atoms with van der Waals surface area (Å²) < 4.78 is 4.55. The zero-order valence-corrected chi connectivity index (χ0v) is 9.72. The Kier molecular flexibility index (Phi) is 4.81. The fourth-order valence-corrected chi connectivity index (χ4v) is 1.32. The summed E-state index contributed by atoms with van der Waals surface area (Å²) in [6, 6.07) is 0. The van der Waals surface area contributed by atoms with Crippen molar-refractivity contribution in [1.29, 1.82) is 0 Å². The van der Waals surface area contributed by atoms with E-state index in [4.69, 9.17) is 0 Å². The number of ketones is 1. The molecule has 0 saturated carbocycles. The maximum Gasteiger partial charge on any atom is 0.306 e. The summed E-state index contributed by atoms with van der Waals surface area (Å²) in [6.07, 6.45) is 0.883. The molecule has 0 N–H and O–H groups in total. The molecule has 0 amide bonds. The van der Waals surface area contributed by atoms with Crippen LogP contribution in [0.4, 0.5) is 0 Å². The molecule has 3 heteroatoms. The number of rotatable bonds is 4. The second-order valence-corrected chi connectivity index (χ2v) is 4.50. The lowest BCUT2D eigenvalue weighted by Gasteiger charge is -2.22. The normalized spacial score (nSPS) is 13.5. The van der Waals surface area contributed by atoms with Crippen LogP contribution >= 0.6 is 0 Å². The van der Waals surface area contributed by atoms with Crippen molar-refractivity contribution in [3.63, 3.8) is 0 Å². The molecule has 0 aromatic heterocycles. The molecule has 82 valence electrons. The molecule has 0 radical (unpaired) electrons. The van der Waals surface area contributed by atoms with Gasteiger partial charge < -0.3 is 4.74 Å². The molecular weight excluding hydrogens is 180 g/mol. The predicted octanol–water partition coefficient (Wildman–Crippen LogP) is 2.19. The highest BCUT2D eigenvalue weighted by molar-refractivity contribution is 5.89. The molecule has 0 bridgehead atoms. The molecule has 0 rings (SSSR count). The van der Waals surface area contributed by atoms with Crippen LogP contribution in [0, 0.1) is 11.3 Å². The summed E-state index contributed by atoms with van der Waals surface area (Å²) in [5.74, 6) is -0.387. The minimum Gasteiger partial charge on any atom is -0.469 e. The van der Waals surface area contributed by atoms with Gasteiger partial charge in [-0.15, -0.1) is 0 Å². The first-order chi connectivity index (χ1) is 6.32. The van der Waals surface area contributed by atoms with E-state index < -0.39 is 0 Å². The highest BCUT2D eigenvalue weighted by atomic mass is 16.5. The van der Waals surface area contributed by atoms with Crippen molar-refractivity contribution in [3.8, 4) is 0 Å². The fraction of sp³-hybridized carbons (Fsp3) is 0.818. The van der Waals surface area contributed by atoms with Crippen LogP contribution in [0.3, 0.4) is 0 Å². The van der Waals surface area contributed by atoms with E-state index in [1.807, 2.05) is 27.7 Å². The summed E-state index contributed by atoms with van der Waals surface area (Å²) in [7, 11) is 1.34. The smallest absolute Gasteiger partial charge is 0.306 e. The molecule has 0 saturated heterocycles. The number of esters is 1. The van der Waals surface area contributed by atoms with Gasteiger partial charge in [0.1, 0.15) is 5.78 Å². The number of Topliss-reactive ketones (excluding diaryl/α,β-unsaturated/α-hetero) is 1. The summed E-state index contributed by atoms with van der Waals surface area (Å²) in [6.45, 7) is 7.52. The number of carbonyl (C=O) groups is 2. The number of carbonyl (C=O) groups excluding carboxylic acids is 2. The summed E-state index contributed by atoms with van der Waals surface area (Å²) in [4.78, 5) is 22.9. The van der Waals surface area contributed by atoms with Gasteiger partial charge in [-0.2, -0.15) is 0 Å². The van der Waals surface area contributed by atoms with Crippen LogP contribution in [0.15, 0.2) is 0 Å². The first kappa shape index (κ1) is 13.1. The molecule has 0 fully saturated rings. The Morgan fingerprint density at radius 3 is 2.07 bits per heavy atom. The van der Waals surface area contributed by atoms with Gasteiger partial charge in [0.05, 0.1) is 13.5 Å².